The first-order valence-electron chi connectivity index (χ1n) is 6.33. The number of benzene rings is 1. The number of hydrogen-bond donors (Lipinski definition) is 2. The third kappa shape index (κ3) is 5.16. The fourth-order valence-corrected chi connectivity index (χ4v) is 2.55. The zero-order valence-electron chi connectivity index (χ0n) is 10.6. The Morgan fingerprint density at radius 3 is 2.47 bits per heavy atom. The van der Waals surface area contributed by atoms with Gasteiger partial charge in [0.2, 0.25) is 0 Å². The van der Waals surface area contributed by atoms with Crippen molar-refractivity contribution in [2.45, 2.75) is 6.10 Å². The van der Waals surface area contributed by atoms with Gasteiger partial charge in [0.25, 0.3) is 0 Å². The number of halogens is 2. The van der Waals surface area contributed by atoms with E-state index in [0.29, 0.717) is 22.3 Å². The number of aliphatic hydroxyl groups excluding tert-OH is 1. The van der Waals surface area contributed by atoms with Crippen LogP contribution in [0.25, 0.3) is 0 Å². The minimum absolute atomic E-state index is 0.237. The van der Waals surface area contributed by atoms with Gasteiger partial charge in [-0.3, -0.25) is 4.90 Å². The Kier molecular flexibility index (Phi) is 5.73. The van der Waals surface area contributed by atoms with Crippen molar-refractivity contribution in [2.75, 3.05) is 39.3 Å². The third-order valence-electron chi connectivity index (χ3n) is 2.96. The van der Waals surface area contributed by atoms with Gasteiger partial charge in [-0.1, -0.05) is 23.2 Å². The zero-order chi connectivity index (χ0) is 13.7. The summed E-state index contributed by atoms with van der Waals surface area (Å²) in [4.78, 5) is 2.22. The number of nitrogens with one attached hydrogen (secondary N) is 1. The fraction of sp³-hybridized carbons (Fsp3) is 0.538. The standard InChI is InChI=1S/C13H18Cl2N2O2/c14-10-5-11(15)7-13(6-10)19-9-12(18)8-17-3-1-16-2-4-17/h5-7,12,16,18H,1-4,8-9H2. The molecule has 4 nitrogen and oxygen atoms in total. The minimum atomic E-state index is -0.518. The quantitative estimate of drug-likeness (QED) is 0.868. The normalized spacial score (nSPS) is 18.3. The lowest BCUT2D eigenvalue weighted by atomic mass is 10.3. The monoisotopic (exact) mass is 304 g/mol. The molecule has 0 aliphatic carbocycles. The van der Waals surface area contributed by atoms with Crippen molar-refractivity contribution >= 4 is 23.2 Å². The van der Waals surface area contributed by atoms with Crippen molar-refractivity contribution in [3.05, 3.63) is 28.2 Å². The van der Waals surface area contributed by atoms with Gasteiger partial charge in [0.1, 0.15) is 18.5 Å². The second-order valence-electron chi connectivity index (χ2n) is 4.62. The second-order valence-corrected chi connectivity index (χ2v) is 5.49. The molecule has 1 saturated heterocycles. The highest BCUT2D eigenvalue weighted by Gasteiger charge is 2.14. The maximum absolute atomic E-state index is 9.95. The lowest BCUT2D eigenvalue weighted by Crippen LogP contribution is -2.47. The van der Waals surface area contributed by atoms with Gasteiger partial charge < -0.3 is 15.2 Å². The van der Waals surface area contributed by atoms with Crippen LogP contribution in [-0.2, 0) is 0 Å². The van der Waals surface area contributed by atoms with E-state index in [4.69, 9.17) is 27.9 Å². The number of hydrogen-bond acceptors (Lipinski definition) is 4. The molecule has 0 aromatic heterocycles. The van der Waals surface area contributed by atoms with Crippen LogP contribution in [0.3, 0.4) is 0 Å². The lowest BCUT2D eigenvalue weighted by molar-refractivity contribution is 0.0641. The van der Waals surface area contributed by atoms with Crippen molar-refractivity contribution < 1.29 is 9.84 Å². The molecule has 1 aliphatic heterocycles. The smallest absolute Gasteiger partial charge is 0.122 e. The van der Waals surface area contributed by atoms with Gasteiger partial charge in [-0.2, -0.15) is 0 Å². The molecule has 1 aliphatic rings. The molecule has 0 spiro atoms. The van der Waals surface area contributed by atoms with Crippen LogP contribution < -0.4 is 10.1 Å². The molecule has 106 valence electrons. The van der Waals surface area contributed by atoms with E-state index in [1.165, 1.54) is 0 Å². The van der Waals surface area contributed by atoms with Crippen LogP contribution in [0.2, 0.25) is 10.0 Å². The fourth-order valence-electron chi connectivity index (χ4n) is 2.05. The molecule has 0 saturated carbocycles. The number of aliphatic hydroxyl groups is 1. The van der Waals surface area contributed by atoms with E-state index in [2.05, 4.69) is 10.2 Å². The molecule has 1 aromatic rings. The molecule has 0 bridgehead atoms. The Morgan fingerprint density at radius 1 is 1.21 bits per heavy atom. The summed E-state index contributed by atoms with van der Waals surface area (Å²) in [6, 6.07) is 5.02. The molecular weight excluding hydrogens is 287 g/mol. The van der Waals surface area contributed by atoms with Crippen LogP contribution in [0.4, 0.5) is 0 Å². The Bertz CT molecular complexity index is 391. The van der Waals surface area contributed by atoms with Gasteiger partial charge in [-0.15, -0.1) is 0 Å². The molecule has 1 fully saturated rings. The maximum Gasteiger partial charge on any atom is 0.122 e. The van der Waals surface area contributed by atoms with E-state index >= 15 is 0 Å². The molecular formula is C13H18Cl2N2O2. The number of β-amino-alcohol motifs (C(OH)–C–C–N with tert-alkyl or cyclic N) is 1. The molecule has 0 radical (unpaired) electrons. The van der Waals surface area contributed by atoms with Crippen molar-refractivity contribution in [2.24, 2.45) is 0 Å². The summed E-state index contributed by atoms with van der Waals surface area (Å²) in [5.74, 6) is 0.580. The average molecular weight is 305 g/mol. The summed E-state index contributed by atoms with van der Waals surface area (Å²) >= 11 is 11.8. The maximum atomic E-state index is 9.95. The molecule has 1 unspecified atom stereocenters. The molecule has 1 atom stereocenters. The number of piperazine rings is 1. The predicted octanol–water partition coefficient (Wildman–Crippen LogP) is 1.64. The van der Waals surface area contributed by atoms with Crippen LogP contribution in [-0.4, -0.2) is 55.4 Å². The summed E-state index contributed by atoms with van der Waals surface area (Å²) in [5, 5.41) is 14.3. The van der Waals surface area contributed by atoms with Gasteiger partial charge in [-0.05, 0) is 18.2 Å². The third-order valence-corrected chi connectivity index (χ3v) is 3.39. The zero-order valence-corrected chi connectivity index (χ0v) is 12.1. The summed E-state index contributed by atoms with van der Waals surface area (Å²) < 4.78 is 5.51. The van der Waals surface area contributed by atoms with Crippen molar-refractivity contribution in [1.82, 2.24) is 10.2 Å². The molecule has 2 rings (SSSR count). The van der Waals surface area contributed by atoms with Gasteiger partial charge in [0.05, 0.1) is 0 Å². The highest BCUT2D eigenvalue weighted by molar-refractivity contribution is 6.34. The number of nitrogens with zero attached hydrogens (tertiary/aromatic N) is 1. The lowest BCUT2D eigenvalue weighted by Gasteiger charge is -2.29. The van der Waals surface area contributed by atoms with Crippen LogP contribution in [0.1, 0.15) is 0 Å². The topological polar surface area (TPSA) is 44.7 Å². The summed E-state index contributed by atoms with van der Waals surface area (Å²) in [6.45, 7) is 4.71. The average Bonchev–Trinajstić information content (AvgIpc) is 2.36. The Hall–Kier alpha value is -0.520. The highest BCUT2D eigenvalue weighted by atomic mass is 35.5. The van der Waals surface area contributed by atoms with Gasteiger partial charge in [-0.25, -0.2) is 0 Å². The molecule has 6 heteroatoms. The van der Waals surface area contributed by atoms with Gasteiger partial charge in [0.15, 0.2) is 0 Å². The van der Waals surface area contributed by atoms with E-state index in [1.54, 1.807) is 18.2 Å². The Balaban J connectivity index is 1.77. The summed E-state index contributed by atoms with van der Waals surface area (Å²) in [7, 11) is 0. The van der Waals surface area contributed by atoms with Crippen LogP contribution in [0.15, 0.2) is 18.2 Å². The molecule has 19 heavy (non-hydrogen) atoms. The van der Waals surface area contributed by atoms with Crippen LogP contribution in [0.5, 0.6) is 5.75 Å². The molecule has 2 N–H and O–H groups in total. The van der Waals surface area contributed by atoms with Gasteiger partial charge in [0, 0.05) is 42.8 Å². The number of ether oxygens (including phenoxy) is 1. The Labute approximate surface area is 123 Å². The first-order valence-corrected chi connectivity index (χ1v) is 7.09. The van der Waals surface area contributed by atoms with E-state index in [0.717, 1.165) is 26.2 Å². The molecule has 0 amide bonds. The van der Waals surface area contributed by atoms with E-state index in [9.17, 15) is 5.11 Å². The molecule has 1 aromatic carbocycles. The van der Waals surface area contributed by atoms with Crippen molar-refractivity contribution in [3.63, 3.8) is 0 Å². The van der Waals surface area contributed by atoms with Crippen molar-refractivity contribution in [1.29, 1.82) is 0 Å². The van der Waals surface area contributed by atoms with Crippen LogP contribution >= 0.6 is 23.2 Å². The largest absolute Gasteiger partial charge is 0.491 e. The van der Waals surface area contributed by atoms with Crippen molar-refractivity contribution in [3.8, 4) is 5.75 Å². The SMILES string of the molecule is OC(COc1cc(Cl)cc(Cl)c1)CN1CCNCC1. The summed E-state index contributed by atoms with van der Waals surface area (Å²) in [5.41, 5.74) is 0. The first kappa shape index (κ1) is 14.9. The van der Waals surface area contributed by atoms with E-state index in [1.807, 2.05) is 0 Å². The Morgan fingerprint density at radius 2 is 1.84 bits per heavy atom. The second kappa shape index (κ2) is 7.31. The summed E-state index contributed by atoms with van der Waals surface area (Å²) in [6.07, 6.45) is -0.518. The predicted molar refractivity (Wildman–Crippen MR) is 77.3 cm³/mol. The first-order chi connectivity index (χ1) is 9.13. The molecule has 1 heterocycles. The number of rotatable bonds is 5. The van der Waals surface area contributed by atoms with Crippen LogP contribution in [0, 0.1) is 0 Å². The van der Waals surface area contributed by atoms with Gasteiger partial charge >= 0.3 is 0 Å². The highest BCUT2D eigenvalue weighted by Crippen LogP contribution is 2.24. The van der Waals surface area contributed by atoms with E-state index < -0.39 is 6.10 Å². The van der Waals surface area contributed by atoms with E-state index in [-0.39, 0.29) is 6.61 Å². The minimum Gasteiger partial charge on any atom is -0.491 e.